The monoisotopic (exact) mass is 598 g/mol. The molecule has 0 aliphatic carbocycles. The van der Waals surface area contributed by atoms with Gasteiger partial charge in [0.05, 0.1) is 0 Å². The highest BCUT2D eigenvalue weighted by Gasteiger charge is 2.39. The third-order valence-corrected chi connectivity index (χ3v) is 6.42. The lowest BCUT2D eigenvalue weighted by molar-refractivity contribution is -0.142. The van der Waals surface area contributed by atoms with E-state index in [4.69, 9.17) is 9.84 Å². The van der Waals surface area contributed by atoms with Crippen molar-refractivity contribution in [2.24, 2.45) is 5.92 Å². The van der Waals surface area contributed by atoms with Crippen LogP contribution in [0.1, 0.15) is 75.2 Å². The van der Waals surface area contributed by atoms with Gasteiger partial charge in [-0.3, -0.25) is 28.8 Å². The predicted molar refractivity (Wildman–Crippen MR) is 151 cm³/mol. The van der Waals surface area contributed by atoms with Gasteiger partial charge in [0, 0.05) is 6.54 Å². The zero-order valence-electron chi connectivity index (χ0n) is 25.8. The number of rotatable bonds is 12. The summed E-state index contributed by atoms with van der Waals surface area (Å²) in [5.74, 6) is -4.65. The van der Waals surface area contributed by atoms with Crippen molar-refractivity contribution >= 4 is 41.6 Å². The lowest BCUT2D eigenvalue weighted by atomic mass is 10.0. The van der Waals surface area contributed by atoms with E-state index in [1.165, 1.54) is 32.6 Å². The molecule has 0 unspecified atom stereocenters. The minimum atomic E-state index is -1.23. The first-order valence-electron chi connectivity index (χ1n) is 14.0. The molecule has 6 amide bonds. The van der Waals surface area contributed by atoms with Crippen molar-refractivity contribution in [2.75, 3.05) is 6.54 Å². The van der Waals surface area contributed by atoms with E-state index in [-0.39, 0.29) is 12.5 Å². The number of alkyl carbamates (subject to hydrolysis) is 1. The van der Waals surface area contributed by atoms with Gasteiger partial charge in [0.15, 0.2) is 0 Å². The highest BCUT2D eigenvalue weighted by molar-refractivity contribution is 5.96. The highest BCUT2D eigenvalue weighted by atomic mass is 16.6. The second-order valence-electron chi connectivity index (χ2n) is 11.8. The molecule has 0 spiro atoms. The summed E-state index contributed by atoms with van der Waals surface area (Å²) < 4.78 is 5.13. The van der Waals surface area contributed by atoms with Crippen molar-refractivity contribution in [1.82, 2.24) is 31.5 Å². The van der Waals surface area contributed by atoms with Crippen LogP contribution in [0.25, 0.3) is 0 Å². The summed E-state index contributed by atoms with van der Waals surface area (Å²) in [4.78, 5) is 88.5. The molecule has 15 nitrogen and oxygen atoms in total. The summed E-state index contributed by atoms with van der Waals surface area (Å²) >= 11 is 0. The third-order valence-electron chi connectivity index (χ3n) is 6.42. The topological polar surface area (TPSA) is 212 Å². The van der Waals surface area contributed by atoms with Crippen LogP contribution in [0.4, 0.5) is 4.79 Å². The molecule has 1 aliphatic heterocycles. The van der Waals surface area contributed by atoms with Gasteiger partial charge in [-0.2, -0.15) is 0 Å². The van der Waals surface area contributed by atoms with Gasteiger partial charge in [-0.25, -0.2) is 4.79 Å². The SMILES string of the molecule is CC(C)[C@H](NC(=O)[C@@H]1CCCN1C(=O)[C@H](C)NC(=O)[C@H](C)NC(=O)OC(C)(C)C)C(=O)N[C@@H](C)C(=O)N[C@@H](C)C(=O)O. The minimum absolute atomic E-state index is 0.264. The number of carboxylic acids is 1. The van der Waals surface area contributed by atoms with Gasteiger partial charge >= 0.3 is 12.1 Å². The fourth-order valence-electron chi connectivity index (χ4n) is 4.06. The number of amides is 6. The molecule has 0 aromatic rings. The van der Waals surface area contributed by atoms with Crippen LogP contribution in [-0.4, -0.2) is 100 Å². The lowest BCUT2D eigenvalue weighted by Crippen LogP contribution is -2.59. The van der Waals surface area contributed by atoms with Crippen LogP contribution in [-0.2, 0) is 33.5 Å². The number of nitrogens with one attached hydrogen (secondary N) is 5. The Morgan fingerprint density at radius 2 is 1.24 bits per heavy atom. The number of carbonyl (C=O) groups is 7. The maximum Gasteiger partial charge on any atom is 0.408 e. The molecule has 1 aliphatic rings. The number of carboxylic acid groups (broad SMARTS) is 1. The molecule has 0 aromatic carbocycles. The second-order valence-corrected chi connectivity index (χ2v) is 11.8. The lowest BCUT2D eigenvalue weighted by Gasteiger charge is -2.30. The van der Waals surface area contributed by atoms with E-state index in [0.717, 1.165) is 0 Å². The van der Waals surface area contributed by atoms with Crippen LogP contribution in [0.5, 0.6) is 0 Å². The van der Waals surface area contributed by atoms with E-state index >= 15 is 0 Å². The summed E-state index contributed by atoms with van der Waals surface area (Å²) in [6.07, 6.45) is 0.0835. The second kappa shape index (κ2) is 15.4. The van der Waals surface area contributed by atoms with Crippen molar-refractivity contribution in [2.45, 2.75) is 117 Å². The average Bonchev–Trinajstić information content (AvgIpc) is 3.34. The zero-order chi connectivity index (χ0) is 32.5. The molecule has 238 valence electrons. The van der Waals surface area contributed by atoms with E-state index in [1.54, 1.807) is 34.6 Å². The van der Waals surface area contributed by atoms with Crippen LogP contribution >= 0.6 is 0 Å². The Kier molecular flexibility index (Phi) is 13.2. The maximum absolute atomic E-state index is 13.2. The molecule has 6 atom stereocenters. The van der Waals surface area contributed by atoms with Crippen molar-refractivity contribution in [3.8, 4) is 0 Å². The van der Waals surface area contributed by atoms with Crippen molar-refractivity contribution in [3.05, 3.63) is 0 Å². The molecule has 1 fully saturated rings. The first-order chi connectivity index (χ1) is 19.2. The Balaban J connectivity index is 2.81. The summed E-state index contributed by atoms with van der Waals surface area (Å²) in [6.45, 7) is 14.3. The standard InChI is InChI=1S/C27H46N6O9/c1-13(2)19(23(37)28-14(3)20(34)30-17(6)25(39)40)32-22(36)18-11-10-12-33(18)24(38)16(5)29-21(35)15(4)31-26(41)42-27(7,8)9/h13-19H,10-12H2,1-9H3,(H,28,37)(H,29,35)(H,30,34)(H,31,41)(H,32,36)(H,39,40)/t14-,15-,16-,17-,18-,19-/m0/s1. The van der Waals surface area contributed by atoms with Crippen LogP contribution in [0.3, 0.4) is 0 Å². The minimum Gasteiger partial charge on any atom is -0.480 e. The van der Waals surface area contributed by atoms with Crippen molar-refractivity contribution in [1.29, 1.82) is 0 Å². The molecular weight excluding hydrogens is 552 g/mol. The largest absolute Gasteiger partial charge is 0.480 e. The number of likely N-dealkylation sites (tertiary alicyclic amines) is 1. The maximum atomic E-state index is 13.2. The first-order valence-corrected chi connectivity index (χ1v) is 14.0. The Morgan fingerprint density at radius 1 is 0.738 bits per heavy atom. The van der Waals surface area contributed by atoms with E-state index in [2.05, 4.69) is 26.6 Å². The van der Waals surface area contributed by atoms with Gasteiger partial charge in [0.25, 0.3) is 0 Å². The Morgan fingerprint density at radius 3 is 1.74 bits per heavy atom. The normalized spacial score (nSPS) is 18.5. The molecule has 1 saturated heterocycles. The van der Waals surface area contributed by atoms with Gasteiger partial charge in [-0.1, -0.05) is 13.8 Å². The molecule has 6 N–H and O–H groups in total. The number of aliphatic carboxylic acids is 1. The molecule has 1 heterocycles. The molecule has 42 heavy (non-hydrogen) atoms. The fraction of sp³-hybridized carbons (Fsp3) is 0.741. The Bertz CT molecular complexity index is 1040. The Hall–Kier alpha value is -3.91. The van der Waals surface area contributed by atoms with Gasteiger partial charge < -0.3 is 41.3 Å². The summed E-state index contributed by atoms with van der Waals surface area (Å²) in [7, 11) is 0. The predicted octanol–water partition coefficient (Wildman–Crippen LogP) is -0.370. The molecule has 1 rings (SSSR count). The van der Waals surface area contributed by atoms with Crippen LogP contribution in [0.15, 0.2) is 0 Å². The molecule has 0 bridgehead atoms. The average molecular weight is 599 g/mol. The van der Waals surface area contributed by atoms with Crippen LogP contribution < -0.4 is 26.6 Å². The van der Waals surface area contributed by atoms with Crippen molar-refractivity contribution < 1.29 is 43.4 Å². The van der Waals surface area contributed by atoms with E-state index in [9.17, 15) is 33.6 Å². The van der Waals surface area contributed by atoms with E-state index < -0.39 is 83.5 Å². The van der Waals surface area contributed by atoms with Gasteiger partial charge in [-0.15, -0.1) is 0 Å². The molecule has 0 radical (unpaired) electrons. The summed E-state index contributed by atoms with van der Waals surface area (Å²) in [6, 6.07) is -6.15. The number of carbonyl (C=O) groups excluding carboxylic acids is 6. The molecular formula is C27H46N6O9. The number of ether oxygens (including phenoxy) is 1. The first kappa shape index (κ1) is 36.1. The number of nitrogens with zero attached hydrogens (tertiary/aromatic N) is 1. The quantitative estimate of drug-likeness (QED) is 0.173. The molecule has 0 saturated carbocycles. The van der Waals surface area contributed by atoms with Gasteiger partial charge in [-0.05, 0) is 67.2 Å². The van der Waals surface area contributed by atoms with Gasteiger partial charge in [0.2, 0.25) is 29.5 Å². The third kappa shape index (κ3) is 11.2. The van der Waals surface area contributed by atoms with Crippen LogP contribution in [0, 0.1) is 5.92 Å². The number of hydrogen-bond donors (Lipinski definition) is 6. The van der Waals surface area contributed by atoms with Crippen molar-refractivity contribution in [3.63, 3.8) is 0 Å². The Labute approximate surface area is 246 Å². The summed E-state index contributed by atoms with van der Waals surface area (Å²) in [5, 5.41) is 21.3. The molecule has 0 aromatic heterocycles. The van der Waals surface area contributed by atoms with E-state index in [1.807, 2.05) is 0 Å². The van der Waals surface area contributed by atoms with Gasteiger partial charge in [0.1, 0.15) is 41.9 Å². The number of hydrogen-bond acceptors (Lipinski definition) is 8. The zero-order valence-corrected chi connectivity index (χ0v) is 25.8. The van der Waals surface area contributed by atoms with Crippen LogP contribution in [0.2, 0.25) is 0 Å². The van der Waals surface area contributed by atoms with E-state index in [0.29, 0.717) is 12.8 Å². The fourth-order valence-corrected chi connectivity index (χ4v) is 4.06. The highest BCUT2D eigenvalue weighted by Crippen LogP contribution is 2.19. The smallest absolute Gasteiger partial charge is 0.408 e. The molecule has 15 heteroatoms. The summed E-state index contributed by atoms with van der Waals surface area (Å²) in [5.41, 5.74) is -0.752.